The van der Waals surface area contributed by atoms with Crippen molar-refractivity contribution in [3.05, 3.63) is 23.8 Å². The van der Waals surface area contributed by atoms with E-state index >= 15 is 0 Å². The van der Waals surface area contributed by atoms with Crippen LogP contribution in [0.2, 0.25) is 0 Å². The van der Waals surface area contributed by atoms with Crippen molar-refractivity contribution in [2.75, 3.05) is 24.2 Å². The first-order valence-electron chi connectivity index (χ1n) is 6.38. The Bertz CT molecular complexity index is 333. The molecule has 0 amide bonds. The van der Waals surface area contributed by atoms with Crippen molar-refractivity contribution in [2.24, 2.45) is 5.92 Å². The zero-order valence-corrected chi connectivity index (χ0v) is 10.9. The zero-order chi connectivity index (χ0) is 12.7. The maximum Gasteiger partial charge on any atom is 0.0574 e. The summed E-state index contributed by atoms with van der Waals surface area (Å²) in [4.78, 5) is 0. The molecule has 1 atom stereocenters. The predicted octanol–water partition coefficient (Wildman–Crippen LogP) is 2.79. The van der Waals surface area contributed by atoms with Gasteiger partial charge < -0.3 is 16.2 Å². The van der Waals surface area contributed by atoms with Crippen LogP contribution in [-0.4, -0.2) is 18.3 Å². The first kappa shape index (κ1) is 13.8. The maximum atomic E-state index is 9.00. The van der Waals surface area contributed by atoms with Gasteiger partial charge in [0.25, 0.3) is 0 Å². The maximum absolute atomic E-state index is 9.00. The van der Waals surface area contributed by atoms with E-state index in [9.17, 15) is 0 Å². The Hall–Kier alpha value is -1.22. The molecule has 1 rings (SSSR count). The normalized spacial score (nSPS) is 12.4. The minimum Gasteiger partial charge on any atom is -0.397 e. The van der Waals surface area contributed by atoms with Gasteiger partial charge in [-0.05, 0) is 43.4 Å². The molecule has 0 bridgehead atoms. The monoisotopic (exact) mass is 236 g/mol. The summed E-state index contributed by atoms with van der Waals surface area (Å²) in [7, 11) is 0. The van der Waals surface area contributed by atoms with Gasteiger partial charge in [-0.15, -0.1) is 0 Å². The van der Waals surface area contributed by atoms with Gasteiger partial charge in [0.15, 0.2) is 0 Å². The standard InChI is InChI=1S/C14H24N2O/c1-3-4-12(7-8-17)10-16-14-6-5-11(2)9-13(14)15/h5-6,9,12,16-17H,3-4,7-8,10,15H2,1-2H3. The molecule has 0 aromatic heterocycles. The Kier molecular flexibility index (Phi) is 5.84. The molecular formula is C14H24N2O. The number of anilines is 2. The van der Waals surface area contributed by atoms with Gasteiger partial charge in [-0.25, -0.2) is 0 Å². The number of benzene rings is 1. The lowest BCUT2D eigenvalue weighted by molar-refractivity contribution is 0.255. The molecule has 0 aliphatic rings. The number of rotatable bonds is 7. The van der Waals surface area contributed by atoms with Crippen LogP contribution in [0.25, 0.3) is 0 Å². The molecule has 1 aromatic carbocycles. The Labute approximate surface area is 104 Å². The van der Waals surface area contributed by atoms with E-state index < -0.39 is 0 Å². The molecule has 96 valence electrons. The Morgan fingerprint density at radius 1 is 1.35 bits per heavy atom. The Balaban J connectivity index is 2.52. The molecule has 0 radical (unpaired) electrons. The second-order valence-electron chi connectivity index (χ2n) is 4.64. The summed E-state index contributed by atoms with van der Waals surface area (Å²) in [5.41, 5.74) is 8.91. The summed E-state index contributed by atoms with van der Waals surface area (Å²) >= 11 is 0. The van der Waals surface area contributed by atoms with Crippen LogP contribution in [0.3, 0.4) is 0 Å². The molecule has 0 saturated heterocycles. The first-order valence-corrected chi connectivity index (χ1v) is 6.38. The van der Waals surface area contributed by atoms with E-state index in [1.807, 2.05) is 19.1 Å². The van der Waals surface area contributed by atoms with Gasteiger partial charge in [0.1, 0.15) is 0 Å². The molecular weight excluding hydrogens is 212 g/mol. The van der Waals surface area contributed by atoms with Gasteiger partial charge >= 0.3 is 0 Å². The van der Waals surface area contributed by atoms with E-state index in [1.54, 1.807) is 0 Å². The number of aryl methyl sites for hydroxylation is 1. The van der Waals surface area contributed by atoms with Crippen LogP contribution in [0.1, 0.15) is 31.7 Å². The van der Waals surface area contributed by atoms with Gasteiger partial charge in [0.05, 0.1) is 11.4 Å². The molecule has 0 spiro atoms. The minimum atomic E-state index is 0.260. The van der Waals surface area contributed by atoms with Crippen molar-refractivity contribution in [2.45, 2.75) is 33.1 Å². The largest absolute Gasteiger partial charge is 0.397 e. The molecule has 0 fully saturated rings. The molecule has 1 aromatic rings. The van der Waals surface area contributed by atoms with Crippen LogP contribution in [-0.2, 0) is 0 Å². The first-order chi connectivity index (χ1) is 8.17. The Morgan fingerprint density at radius 2 is 2.12 bits per heavy atom. The van der Waals surface area contributed by atoms with E-state index in [1.165, 1.54) is 5.56 Å². The molecule has 4 N–H and O–H groups in total. The van der Waals surface area contributed by atoms with Crippen molar-refractivity contribution in [1.29, 1.82) is 0 Å². The quantitative estimate of drug-likeness (QED) is 0.638. The van der Waals surface area contributed by atoms with Crippen LogP contribution in [0.15, 0.2) is 18.2 Å². The van der Waals surface area contributed by atoms with Crippen LogP contribution in [0, 0.1) is 12.8 Å². The van der Waals surface area contributed by atoms with Gasteiger partial charge in [-0.1, -0.05) is 19.4 Å². The fourth-order valence-electron chi connectivity index (χ4n) is 2.04. The molecule has 0 heterocycles. The lowest BCUT2D eigenvalue weighted by Crippen LogP contribution is -2.16. The van der Waals surface area contributed by atoms with Gasteiger partial charge in [0.2, 0.25) is 0 Å². The van der Waals surface area contributed by atoms with Crippen LogP contribution < -0.4 is 11.1 Å². The lowest BCUT2D eigenvalue weighted by Gasteiger charge is -2.17. The Morgan fingerprint density at radius 3 is 2.71 bits per heavy atom. The smallest absolute Gasteiger partial charge is 0.0574 e. The molecule has 0 aliphatic carbocycles. The highest BCUT2D eigenvalue weighted by Gasteiger charge is 2.07. The molecule has 3 nitrogen and oxygen atoms in total. The third-order valence-corrected chi connectivity index (χ3v) is 3.02. The molecule has 3 heteroatoms. The average Bonchev–Trinajstić information content (AvgIpc) is 2.28. The SMILES string of the molecule is CCCC(CCO)CNc1ccc(C)cc1N. The fraction of sp³-hybridized carbons (Fsp3) is 0.571. The van der Waals surface area contributed by atoms with E-state index in [0.29, 0.717) is 5.92 Å². The minimum absolute atomic E-state index is 0.260. The summed E-state index contributed by atoms with van der Waals surface area (Å²) < 4.78 is 0. The van der Waals surface area contributed by atoms with Gasteiger partial charge in [-0.3, -0.25) is 0 Å². The van der Waals surface area contributed by atoms with E-state index in [0.717, 1.165) is 37.2 Å². The van der Waals surface area contributed by atoms with Crippen molar-refractivity contribution in [3.8, 4) is 0 Å². The number of nitrogen functional groups attached to an aromatic ring is 1. The number of nitrogens with one attached hydrogen (secondary N) is 1. The zero-order valence-electron chi connectivity index (χ0n) is 10.9. The summed E-state index contributed by atoms with van der Waals surface area (Å²) in [6.45, 7) is 5.34. The number of aliphatic hydroxyl groups is 1. The van der Waals surface area contributed by atoms with Crippen LogP contribution >= 0.6 is 0 Å². The second kappa shape index (κ2) is 7.17. The van der Waals surface area contributed by atoms with Crippen molar-refractivity contribution >= 4 is 11.4 Å². The molecule has 0 aliphatic heterocycles. The van der Waals surface area contributed by atoms with E-state index in [2.05, 4.69) is 18.3 Å². The summed E-state index contributed by atoms with van der Waals surface area (Å²) in [5.74, 6) is 0.519. The van der Waals surface area contributed by atoms with Crippen LogP contribution in [0.5, 0.6) is 0 Å². The topological polar surface area (TPSA) is 58.3 Å². The predicted molar refractivity (Wildman–Crippen MR) is 74.2 cm³/mol. The highest BCUT2D eigenvalue weighted by molar-refractivity contribution is 5.66. The molecule has 17 heavy (non-hydrogen) atoms. The number of nitrogens with two attached hydrogens (primary N) is 1. The van der Waals surface area contributed by atoms with Gasteiger partial charge in [-0.2, -0.15) is 0 Å². The lowest BCUT2D eigenvalue weighted by atomic mass is 10.00. The fourth-order valence-corrected chi connectivity index (χ4v) is 2.04. The number of hydrogen-bond donors (Lipinski definition) is 3. The van der Waals surface area contributed by atoms with Crippen molar-refractivity contribution < 1.29 is 5.11 Å². The highest BCUT2D eigenvalue weighted by Crippen LogP contribution is 2.21. The summed E-state index contributed by atoms with van der Waals surface area (Å²) in [5, 5.41) is 12.4. The number of hydrogen-bond acceptors (Lipinski definition) is 3. The summed E-state index contributed by atoms with van der Waals surface area (Å²) in [6.07, 6.45) is 3.14. The van der Waals surface area contributed by atoms with Crippen molar-refractivity contribution in [3.63, 3.8) is 0 Å². The average molecular weight is 236 g/mol. The van der Waals surface area contributed by atoms with Crippen LogP contribution in [0.4, 0.5) is 11.4 Å². The highest BCUT2D eigenvalue weighted by atomic mass is 16.3. The van der Waals surface area contributed by atoms with Gasteiger partial charge in [0, 0.05) is 13.2 Å². The number of aliphatic hydroxyl groups excluding tert-OH is 1. The van der Waals surface area contributed by atoms with E-state index in [4.69, 9.17) is 10.8 Å². The molecule has 1 unspecified atom stereocenters. The summed E-state index contributed by atoms with van der Waals surface area (Å²) in [6, 6.07) is 6.05. The second-order valence-corrected chi connectivity index (χ2v) is 4.64. The third-order valence-electron chi connectivity index (χ3n) is 3.02. The molecule has 0 saturated carbocycles. The van der Waals surface area contributed by atoms with E-state index in [-0.39, 0.29) is 6.61 Å². The van der Waals surface area contributed by atoms with Crippen molar-refractivity contribution in [1.82, 2.24) is 0 Å². The third kappa shape index (κ3) is 4.65.